The minimum absolute atomic E-state index is 0.00668. The Balaban J connectivity index is 1.65. The van der Waals surface area contributed by atoms with Crippen LogP contribution >= 0.6 is 23.2 Å². The van der Waals surface area contributed by atoms with Crippen molar-refractivity contribution in [3.05, 3.63) is 39.5 Å². The summed E-state index contributed by atoms with van der Waals surface area (Å²) in [7, 11) is 0. The zero-order valence-corrected chi connectivity index (χ0v) is 16.8. The monoisotopic (exact) mass is 423 g/mol. The van der Waals surface area contributed by atoms with Gasteiger partial charge in [-0.3, -0.25) is 0 Å². The van der Waals surface area contributed by atoms with Gasteiger partial charge in [-0.1, -0.05) is 41.4 Å². The Hall–Kier alpha value is -2.09. The molecule has 28 heavy (non-hydrogen) atoms. The highest BCUT2D eigenvalue weighted by atomic mass is 35.5. The molecule has 148 valence electrons. The maximum Gasteiger partial charge on any atom is 0.415 e. The third kappa shape index (κ3) is 4.01. The summed E-state index contributed by atoms with van der Waals surface area (Å²) < 4.78 is 16.8. The molecule has 2 heterocycles. The van der Waals surface area contributed by atoms with Crippen molar-refractivity contribution in [3.8, 4) is 17.4 Å². The van der Waals surface area contributed by atoms with Crippen molar-refractivity contribution >= 4 is 29.3 Å². The second-order valence-electron chi connectivity index (χ2n) is 6.78. The first kappa shape index (κ1) is 19.2. The molecule has 7 nitrogen and oxygen atoms in total. The smallest absolute Gasteiger partial charge is 0.415 e. The van der Waals surface area contributed by atoms with Crippen LogP contribution in [0.2, 0.25) is 10.2 Å². The molecule has 0 atom stereocenters. The van der Waals surface area contributed by atoms with Gasteiger partial charge in [-0.25, -0.2) is 4.79 Å². The average Bonchev–Trinajstić information content (AvgIpc) is 3.54. The number of carbonyl (C=O) groups is 1. The normalized spacial score (nSPS) is 16.8. The van der Waals surface area contributed by atoms with Gasteiger partial charge in [0.1, 0.15) is 10.8 Å². The first-order valence-corrected chi connectivity index (χ1v) is 9.83. The highest BCUT2D eigenvalue weighted by Gasteiger charge is 2.30. The summed E-state index contributed by atoms with van der Waals surface area (Å²) in [5.74, 6) is 1.11. The standard InChI is InChI=1S/C19H19Cl2N3O4/c1-11-3-2-4-13(12-5-6-12)15(11)27-18-16(14(20)17(21)22-23-18)28-19(25)24-7-9-26-10-8-24/h2-4,12H,5-10H2,1H3. The summed E-state index contributed by atoms with van der Waals surface area (Å²) in [6, 6.07) is 5.98. The number of carbonyl (C=O) groups excluding carboxylic acids is 1. The minimum Gasteiger partial charge on any atom is -0.434 e. The average molecular weight is 424 g/mol. The third-order valence-corrected chi connectivity index (χ3v) is 5.43. The Kier molecular flexibility index (Phi) is 5.57. The van der Waals surface area contributed by atoms with E-state index in [0.717, 1.165) is 24.0 Å². The van der Waals surface area contributed by atoms with Crippen molar-refractivity contribution in [3.63, 3.8) is 0 Å². The number of aromatic nitrogens is 2. The van der Waals surface area contributed by atoms with Crippen molar-refractivity contribution in [2.24, 2.45) is 0 Å². The number of hydrogen-bond donors (Lipinski definition) is 0. The summed E-state index contributed by atoms with van der Waals surface area (Å²) in [4.78, 5) is 14.1. The van der Waals surface area contributed by atoms with Gasteiger partial charge in [0.25, 0.3) is 5.88 Å². The van der Waals surface area contributed by atoms with Gasteiger partial charge in [0.2, 0.25) is 5.75 Å². The molecule has 1 amide bonds. The number of rotatable bonds is 4. The van der Waals surface area contributed by atoms with Crippen LogP contribution in [0.15, 0.2) is 18.2 Å². The predicted molar refractivity (Wildman–Crippen MR) is 104 cm³/mol. The van der Waals surface area contributed by atoms with E-state index in [4.69, 9.17) is 37.4 Å². The lowest BCUT2D eigenvalue weighted by Gasteiger charge is -2.26. The number of morpholine rings is 1. The van der Waals surface area contributed by atoms with Crippen molar-refractivity contribution < 1.29 is 19.0 Å². The van der Waals surface area contributed by atoms with Crippen LogP contribution in [0.4, 0.5) is 4.79 Å². The summed E-state index contributed by atoms with van der Waals surface area (Å²) in [5.41, 5.74) is 2.04. The second-order valence-corrected chi connectivity index (χ2v) is 7.51. The number of ether oxygens (including phenoxy) is 3. The fourth-order valence-electron chi connectivity index (χ4n) is 3.05. The van der Waals surface area contributed by atoms with Crippen LogP contribution in [0.5, 0.6) is 17.4 Å². The molecule has 9 heteroatoms. The predicted octanol–water partition coefficient (Wildman–Crippen LogP) is 4.59. The van der Waals surface area contributed by atoms with Crippen molar-refractivity contribution in [1.82, 2.24) is 15.1 Å². The van der Waals surface area contributed by atoms with Crippen LogP contribution in [0.1, 0.15) is 29.9 Å². The van der Waals surface area contributed by atoms with Crippen molar-refractivity contribution in [2.75, 3.05) is 26.3 Å². The van der Waals surface area contributed by atoms with E-state index >= 15 is 0 Å². The van der Waals surface area contributed by atoms with E-state index < -0.39 is 6.09 Å². The van der Waals surface area contributed by atoms with Crippen LogP contribution in [0.25, 0.3) is 0 Å². The van der Waals surface area contributed by atoms with Crippen LogP contribution in [0.3, 0.4) is 0 Å². The van der Waals surface area contributed by atoms with Gasteiger partial charge in [-0.05, 0) is 36.8 Å². The number of hydrogen-bond acceptors (Lipinski definition) is 6. The van der Waals surface area contributed by atoms with Gasteiger partial charge in [-0.2, -0.15) is 0 Å². The molecule has 1 aliphatic carbocycles. The van der Waals surface area contributed by atoms with Crippen LogP contribution in [-0.2, 0) is 4.74 Å². The molecule has 0 radical (unpaired) electrons. The van der Waals surface area contributed by atoms with E-state index in [1.165, 1.54) is 4.90 Å². The molecular formula is C19H19Cl2N3O4. The van der Waals surface area contributed by atoms with Crippen molar-refractivity contribution in [2.45, 2.75) is 25.7 Å². The molecule has 1 aromatic heterocycles. The van der Waals surface area contributed by atoms with Gasteiger partial charge in [0.05, 0.1) is 13.2 Å². The van der Waals surface area contributed by atoms with Crippen LogP contribution in [-0.4, -0.2) is 47.5 Å². The highest BCUT2D eigenvalue weighted by Crippen LogP contribution is 2.47. The lowest BCUT2D eigenvalue weighted by Crippen LogP contribution is -2.42. The number of amides is 1. The second kappa shape index (κ2) is 8.11. The summed E-state index contributed by atoms with van der Waals surface area (Å²) in [6.45, 7) is 3.72. The maximum atomic E-state index is 12.5. The lowest BCUT2D eigenvalue weighted by atomic mass is 10.1. The molecule has 0 unspecified atom stereocenters. The van der Waals surface area contributed by atoms with Gasteiger partial charge >= 0.3 is 6.09 Å². The number of aryl methyl sites for hydroxylation is 1. The molecule has 0 spiro atoms. The molecule has 1 saturated heterocycles. The zero-order chi connectivity index (χ0) is 19.7. The fourth-order valence-corrected chi connectivity index (χ4v) is 3.33. The van der Waals surface area contributed by atoms with Crippen molar-refractivity contribution in [1.29, 1.82) is 0 Å². The minimum atomic E-state index is -0.564. The van der Waals surface area contributed by atoms with E-state index in [9.17, 15) is 4.79 Å². The van der Waals surface area contributed by atoms with E-state index in [2.05, 4.69) is 10.2 Å². The largest absolute Gasteiger partial charge is 0.434 e. The van der Waals surface area contributed by atoms with Gasteiger partial charge in [0.15, 0.2) is 5.15 Å². The van der Waals surface area contributed by atoms with Gasteiger partial charge in [-0.15, -0.1) is 10.2 Å². The Bertz CT molecular complexity index is 899. The number of para-hydroxylation sites is 1. The maximum absolute atomic E-state index is 12.5. The van der Waals surface area contributed by atoms with Crippen LogP contribution < -0.4 is 9.47 Å². The Morgan fingerprint density at radius 1 is 1.18 bits per heavy atom. The molecule has 1 aliphatic heterocycles. The fraction of sp³-hybridized carbons (Fsp3) is 0.421. The van der Waals surface area contributed by atoms with E-state index in [1.807, 2.05) is 25.1 Å². The topological polar surface area (TPSA) is 73.8 Å². The lowest BCUT2D eigenvalue weighted by molar-refractivity contribution is 0.0413. The first-order chi connectivity index (χ1) is 13.5. The van der Waals surface area contributed by atoms with Crippen LogP contribution in [0, 0.1) is 6.92 Å². The Labute approximate surface area is 172 Å². The number of halogens is 2. The molecule has 2 aliphatic rings. The molecule has 0 N–H and O–H groups in total. The van der Waals surface area contributed by atoms with Gasteiger partial charge in [0, 0.05) is 13.1 Å². The zero-order valence-electron chi connectivity index (χ0n) is 15.3. The van der Waals surface area contributed by atoms with Gasteiger partial charge < -0.3 is 19.1 Å². The first-order valence-electron chi connectivity index (χ1n) is 9.08. The number of benzene rings is 1. The third-order valence-electron chi connectivity index (χ3n) is 4.72. The summed E-state index contributed by atoms with van der Waals surface area (Å²) >= 11 is 12.3. The number of nitrogens with zero attached hydrogens (tertiary/aromatic N) is 3. The molecular weight excluding hydrogens is 405 g/mol. The van der Waals surface area contributed by atoms with E-state index in [-0.39, 0.29) is 21.8 Å². The molecule has 4 rings (SSSR count). The highest BCUT2D eigenvalue weighted by molar-refractivity contribution is 6.42. The quantitative estimate of drug-likeness (QED) is 0.715. The molecule has 2 fully saturated rings. The molecule has 2 aromatic rings. The summed E-state index contributed by atoms with van der Waals surface area (Å²) in [5, 5.41) is 7.71. The molecule has 1 aromatic carbocycles. The molecule has 1 saturated carbocycles. The Morgan fingerprint density at radius 3 is 2.64 bits per heavy atom. The molecule has 0 bridgehead atoms. The Morgan fingerprint density at radius 2 is 1.93 bits per heavy atom. The van der Waals surface area contributed by atoms with E-state index in [0.29, 0.717) is 38.0 Å². The summed E-state index contributed by atoms with van der Waals surface area (Å²) in [6.07, 6.45) is 1.67. The van der Waals surface area contributed by atoms with E-state index in [1.54, 1.807) is 0 Å². The SMILES string of the molecule is Cc1cccc(C2CC2)c1Oc1nnc(Cl)c(Cl)c1OC(=O)N1CCOCC1.